The van der Waals surface area contributed by atoms with Crippen LogP contribution >= 0.6 is 11.6 Å². The Bertz CT molecular complexity index is 530. The average molecular weight is 298 g/mol. The number of carbonyl (C=O) groups is 1. The molecule has 1 aliphatic carbocycles. The van der Waals surface area contributed by atoms with Gasteiger partial charge in [0.25, 0.3) is 11.6 Å². The molecule has 1 fully saturated rings. The number of hydrogen-bond acceptors (Lipinski definition) is 4. The van der Waals surface area contributed by atoms with Crippen LogP contribution in [0.15, 0.2) is 12.3 Å². The molecule has 0 aromatic carbocycles. The molecule has 1 amide bonds. The Morgan fingerprint density at radius 3 is 2.75 bits per heavy atom. The van der Waals surface area contributed by atoms with Crippen LogP contribution in [0.3, 0.4) is 0 Å². The van der Waals surface area contributed by atoms with Crippen LogP contribution in [-0.4, -0.2) is 33.3 Å². The highest BCUT2D eigenvalue weighted by molar-refractivity contribution is 6.32. The van der Waals surface area contributed by atoms with Crippen LogP contribution in [0.2, 0.25) is 5.15 Å². The summed E-state index contributed by atoms with van der Waals surface area (Å²) in [4.78, 5) is 28.2. The number of pyridine rings is 1. The van der Waals surface area contributed by atoms with Crippen molar-refractivity contribution in [3.63, 3.8) is 0 Å². The molecule has 1 aromatic heterocycles. The first-order valence-corrected chi connectivity index (χ1v) is 7.03. The maximum atomic E-state index is 12.5. The molecule has 20 heavy (non-hydrogen) atoms. The van der Waals surface area contributed by atoms with Gasteiger partial charge in [-0.05, 0) is 19.8 Å². The van der Waals surface area contributed by atoms with Gasteiger partial charge in [0, 0.05) is 18.7 Å². The number of nitrogens with zero attached hydrogens (tertiary/aromatic N) is 3. The normalized spacial score (nSPS) is 15.3. The molecule has 0 bridgehead atoms. The van der Waals surface area contributed by atoms with Crippen molar-refractivity contribution in [2.45, 2.75) is 38.6 Å². The van der Waals surface area contributed by atoms with E-state index in [1.54, 1.807) is 4.90 Å². The number of hydrogen-bond donors (Lipinski definition) is 0. The Balaban J connectivity index is 2.30. The lowest BCUT2D eigenvalue weighted by molar-refractivity contribution is -0.385. The van der Waals surface area contributed by atoms with E-state index < -0.39 is 4.92 Å². The number of halogens is 1. The summed E-state index contributed by atoms with van der Waals surface area (Å²) >= 11 is 5.92. The highest BCUT2D eigenvalue weighted by Crippen LogP contribution is 2.27. The van der Waals surface area contributed by atoms with Gasteiger partial charge in [-0.25, -0.2) is 4.98 Å². The lowest BCUT2D eigenvalue weighted by atomic mass is 10.1. The smallest absolute Gasteiger partial charge is 0.288 e. The molecular weight excluding hydrogens is 282 g/mol. The SMILES string of the molecule is CCN(C(=O)c1cc([N+](=O)[O-])cnc1Cl)C1CCCC1. The summed E-state index contributed by atoms with van der Waals surface area (Å²) in [5, 5.41) is 10.8. The molecule has 1 aliphatic rings. The van der Waals surface area contributed by atoms with Crippen molar-refractivity contribution in [1.29, 1.82) is 0 Å². The van der Waals surface area contributed by atoms with Crippen LogP contribution in [0.5, 0.6) is 0 Å². The molecule has 1 heterocycles. The monoisotopic (exact) mass is 297 g/mol. The zero-order valence-electron chi connectivity index (χ0n) is 11.2. The summed E-state index contributed by atoms with van der Waals surface area (Å²) in [7, 11) is 0. The van der Waals surface area contributed by atoms with Crippen molar-refractivity contribution in [1.82, 2.24) is 9.88 Å². The third kappa shape index (κ3) is 2.90. The summed E-state index contributed by atoms with van der Waals surface area (Å²) in [5.74, 6) is -0.277. The minimum Gasteiger partial charge on any atom is -0.336 e. The second-order valence-corrected chi connectivity index (χ2v) is 5.18. The van der Waals surface area contributed by atoms with Crippen LogP contribution in [0, 0.1) is 10.1 Å². The highest BCUT2D eigenvalue weighted by Gasteiger charge is 2.28. The van der Waals surface area contributed by atoms with Crippen molar-refractivity contribution >= 4 is 23.2 Å². The summed E-state index contributed by atoms with van der Waals surface area (Å²) in [6.45, 7) is 2.46. The van der Waals surface area contributed by atoms with Gasteiger partial charge in [-0.15, -0.1) is 0 Å². The standard InChI is InChI=1S/C13H16ClN3O3/c1-2-16(9-5-3-4-6-9)13(18)11-7-10(17(19)20)8-15-12(11)14/h7-9H,2-6H2,1H3. The molecular formula is C13H16ClN3O3. The van der Waals surface area contributed by atoms with E-state index in [-0.39, 0.29) is 28.4 Å². The largest absolute Gasteiger partial charge is 0.336 e. The fourth-order valence-electron chi connectivity index (χ4n) is 2.63. The maximum absolute atomic E-state index is 12.5. The molecule has 0 saturated heterocycles. The van der Waals surface area contributed by atoms with Crippen molar-refractivity contribution < 1.29 is 9.72 Å². The summed E-state index contributed by atoms with van der Waals surface area (Å²) in [6.07, 6.45) is 5.22. The second-order valence-electron chi connectivity index (χ2n) is 4.82. The number of amides is 1. The molecule has 0 spiro atoms. The molecule has 108 valence electrons. The lowest BCUT2D eigenvalue weighted by Crippen LogP contribution is -2.38. The zero-order chi connectivity index (χ0) is 14.7. The van der Waals surface area contributed by atoms with E-state index in [0.29, 0.717) is 6.54 Å². The topological polar surface area (TPSA) is 76.3 Å². The van der Waals surface area contributed by atoms with Crippen LogP contribution < -0.4 is 0 Å². The van der Waals surface area contributed by atoms with Crippen molar-refractivity contribution in [2.75, 3.05) is 6.54 Å². The van der Waals surface area contributed by atoms with Crippen LogP contribution in [0.1, 0.15) is 43.0 Å². The summed E-state index contributed by atoms with van der Waals surface area (Å²) in [6, 6.07) is 1.40. The molecule has 0 unspecified atom stereocenters. The fraction of sp³-hybridized carbons (Fsp3) is 0.538. The van der Waals surface area contributed by atoms with Crippen LogP contribution in [0.25, 0.3) is 0 Å². The van der Waals surface area contributed by atoms with E-state index >= 15 is 0 Å². The van der Waals surface area contributed by atoms with Gasteiger partial charge in [-0.2, -0.15) is 0 Å². The minimum atomic E-state index is -0.577. The average Bonchev–Trinajstić information content (AvgIpc) is 2.93. The molecule has 0 aliphatic heterocycles. The molecule has 1 aromatic rings. The number of nitro groups is 1. The van der Waals surface area contributed by atoms with E-state index in [0.717, 1.165) is 31.9 Å². The third-order valence-corrected chi connectivity index (χ3v) is 3.93. The molecule has 7 heteroatoms. The molecule has 0 atom stereocenters. The Hall–Kier alpha value is -1.69. The third-order valence-electron chi connectivity index (χ3n) is 3.63. The molecule has 6 nitrogen and oxygen atoms in total. The van der Waals surface area contributed by atoms with E-state index in [1.807, 2.05) is 6.92 Å². The first-order chi connectivity index (χ1) is 9.54. The predicted octanol–water partition coefficient (Wildman–Crippen LogP) is 3.05. The Morgan fingerprint density at radius 2 is 2.20 bits per heavy atom. The van der Waals surface area contributed by atoms with E-state index in [1.165, 1.54) is 6.07 Å². The lowest BCUT2D eigenvalue weighted by Gasteiger charge is -2.27. The Labute approximate surface area is 121 Å². The predicted molar refractivity (Wildman–Crippen MR) is 74.9 cm³/mol. The van der Waals surface area contributed by atoms with Gasteiger partial charge in [0.2, 0.25) is 0 Å². The van der Waals surface area contributed by atoms with Gasteiger partial charge in [0.15, 0.2) is 0 Å². The van der Waals surface area contributed by atoms with Gasteiger partial charge < -0.3 is 4.90 Å². The van der Waals surface area contributed by atoms with Gasteiger partial charge >= 0.3 is 0 Å². The molecule has 1 saturated carbocycles. The molecule has 0 radical (unpaired) electrons. The first kappa shape index (κ1) is 14.7. The van der Waals surface area contributed by atoms with Crippen molar-refractivity contribution in [2.24, 2.45) is 0 Å². The van der Waals surface area contributed by atoms with Gasteiger partial charge in [-0.3, -0.25) is 14.9 Å². The highest BCUT2D eigenvalue weighted by atomic mass is 35.5. The number of aromatic nitrogens is 1. The summed E-state index contributed by atoms with van der Waals surface area (Å²) in [5.41, 5.74) is -0.116. The van der Waals surface area contributed by atoms with Crippen LogP contribution in [0.4, 0.5) is 5.69 Å². The second kappa shape index (κ2) is 6.17. The van der Waals surface area contributed by atoms with E-state index in [9.17, 15) is 14.9 Å². The molecule has 2 rings (SSSR count). The number of rotatable bonds is 4. The maximum Gasteiger partial charge on any atom is 0.288 e. The van der Waals surface area contributed by atoms with Crippen molar-refractivity contribution in [3.8, 4) is 0 Å². The zero-order valence-corrected chi connectivity index (χ0v) is 12.0. The van der Waals surface area contributed by atoms with E-state index in [2.05, 4.69) is 4.98 Å². The van der Waals surface area contributed by atoms with Crippen LogP contribution in [-0.2, 0) is 0 Å². The fourth-order valence-corrected chi connectivity index (χ4v) is 2.81. The van der Waals surface area contributed by atoms with Gasteiger partial charge in [0.1, 0.15) is 11.3 Å². The minimum absolute atomic E-state index is 0.0112. The van der Waals surface area contributed by atoms with Gasteiger partial charge in [-0.1, -0.05) is 24.4 Å². The number of carbonyl (C=O) groups excluding carboxylic acids is 1. The Morgan fingerprint density at radius 1 is 1.55 bits per heavy atom. The summed E-state index contributed by atoms with van der Waals surface area (Å²) < 4.78 is 0. The van der Waals surface area contributed by atoms with Crippen molar-refractivity contribution in [3.05, 3.63) is 33.1 Å². The van der Waals surface area contributed by atoms with Gasteiger partial charge in [0.05, 0.1) is 10.5 Å². The Kier molecular flexibility index (Phi) is 4.54. The quantitative estimate of drug-likeness (QED) is 0.486. The van der Waals surface area contributed by atoms with E-state index in [4.69, 9.17) is 11.6 Å². The first-order valence-electron chi connectivity index (χ1n) is 6.65. The molecule has 0 N–H and O–H groups in total.